The Morgan fingerprint density at radius 2 is 2.06 bits per heavy atom. The van der Waals surface area contributed by atoms with Gasteiger partial charge in [0.05, 0.1) is 0 Å². The van der Waals surface area contributed by atoms with Crippen molar-refractivity contribution < 1.29 is 0 Å². The van der Waals surface area contributed by atoms with E-state index in [-0.39, 0.29) is 0 Å². The van der Waals surface area contributed by atoms with E-state index in [0.29, 0.717) is 10.6 Å². The van der Waals surface area contributed by atoms with Crippen molar-refractivity contribution in [2.24, 2.45) is 0 Å². The maximum atomic E-state index is 5.16. The van der Waals surface area contributed by atoms with Gasteiger partial charge < -0.3 is 10.3 Å². The van der Waals surface area contributed by atoms with Gasteiger partial charge in [0.1, 0.15) is 16.3 Å². The second-order valence-electron chi connectivity index (χ2n) is 4.38. The Labute approximate surface area is 112 Å². The van der Waals surface area contributed by atoms with Crippen LogP contribution in [0.15, 0.2) is 30.6 Å². The molecule has 5 heteroatoms. The second kappa shape index (κ2) is 5.73. The molecule has 0 unspecified atom stereocenters. The smallest absolute Gasteiger partial charge is 0.131 e. The molecule has 2 aromatic rings. The lowest BCUT2D eigenvalue weighted by Gasteiger charge is -2.10. The summed E-state index contributed by atoms with van der Waals surface area (Å²) in [6.07, 6.45) is 3.57. The molecule has 0 bridgehead atoms. The van der Waals surface area contributed by atoms with E-state index >= 15 is 0 Å². The quantitative estimate of drug-likeness (QED) is 0.828. The van der Waals surface area contributed by atoms with E-state index in [1.165, 1.54) is 5.56 Å². The molecule has 0 aliphatic carbocycles. The predicted octanol–water partition coefficient (Wildman–Crippen LogP) is 3.27. The number of H-pyrrole nitrogens is 1. The largest absolute Gasteiger partial charge is 0.367 e. The number of hydrogen-bond donors (Lipinski definition) is 2. The van der Waals surface area contributed by atoms with Crippen molar-refractivity contribution in [2.75, 3.05) is 5.32 Å². The third kappa shape index (κ3) is 3.37. The highest BCUT2D eigenvalue weighted by Gasteiger charge is 2.03. The van der Waals surface area contributed by atoms with Gasteiger partial charge in [-0.1, -0.05) is 26.1 Å². The number of aromatic nitrogens is 3. The zero-order chi connectivity index (χ0) is 13.0. The summed E-state index contributed by atoms with van der Waals surface area (Å²) in [7, 11) is 0. The molecule has 18 heavy (non-hydrogen) atoms. The van der Waals surface area contributed by atoms with Gasteiger partial charge in [0, 0.05) is 30.9 Å². The molecule has 2 N–H and O–H groups in total. The normalized spacial score (nSPS) is 10.6. The van der Waals surface area contributed by atoms with Gasteiger partial charge in [-0.2, -0.15) is 0 Å². The van der Waals surface area contributed by atoms with Gasteiger partial charge in [-0.15, -0.1) is 0 Å². The number of nitrogens with one attached hydrogen (secondary N) is 2. The van der Waals surface area contributed by atoms with Crippen LogP contribution >= 0.6 is 12.2 Å². The van der Waals surface area contributed by atoms with Crippen LogP contribution < -0.4 is 5.32 Å². The maximum Gasteiger partial charge on any atom is 0.131 e. The average Bonchev–Trinajstić information content (AvgIpc) is 2.37. The molecule has 0 atom stereocenters. The molecular weight excluding hydrogens is 244 g/mol. The van der Waals surface area contributed by atoms with Crippen LogP contribution in [0.1, 0.15) is 31.2 Å². The molecular formula is C13H16N4S. The van der Waals surface area contributed by atoms with Gasteiger partial charge in [0.25, 0.3) is 0 Å². The molecule has 0 fully saturated rings. The zero-order valence-electron chi connectivity index (χ0n) is 10.5. The minimum Gasteiger partial charge on any atom is -0.367 e. The fraction of sp³-hybridized carbons (Fsp3) is 0.308. The fourth-order valence-electron chi connectivity index (χ4n) is 1.54. The zero-order valence-corrected chi connectivity index (χ0v) is 11.3. The van der Waals surface area contributed by atoms with E-state index in [1.807, 2.05) is 18.2 Å². The van der Waals surface area contributed by atoms with Crippen LogP contribution in [0.3, 0.4) is 0 Å². The molecule has 2 heterocycles. The molecule has 94 valence electrons. The summed E-state index contributed by atoms with van der Waals surface area (Å²) >= 11 is 5.16. The van der Waals surface area contributed by atoms with Crippen molar-refractivity contribution in [3.8, 4) is 0 Å². The molecule has 0 aliphatic rings. The van der Waals surface area contributed by atoms with Gasteiger partial charge in [0.2, 0.25) is 0 Å². The van der Waals surface area contributed by atoms with Crippen LogP contribution in [0.4, 0.5) is 5.82 Å². The summed E-state index contributed by atoms with van der Waals surface area (Å²) in [4.78, 5) is 11.5. The number of nitrogens with zero attached hydrogens (tertiary/aromatic N) is 2. The number of hydrogen-bond acceptors (Lipinski definition) is 4. The van der Waals surface area contributed by atoms with Crippen molar-refractivity contribution in [1.29, 1.82) is 0 Å². The van der Waals surface area contributed by atoms with Crippen LogP contribution in [0.25, 0.3) is 0 Å². The van der Waals surface area contributed by atoms with Gasteiger partial charge in [0.15, 0.2) is 0 Å². The second-order valence-corrected chi connectivity index (χ2v) is 4.80. The maximum absolute atomic E-state index is 5.16. The third-order valence-corrected chi connectivity index (χ3v) is 2.75. The van der Waals surface area contributed by atoms with Gasteiger partial charge in [-0.3, -0.25) is 4.98 Å². The molecule has 0 saturated carbocycles. The van der Waals surface area contributed by atoms with Crippen LogP contribution in [0.2, 0.25) is 0 Å². The first-order valence-corrected chi connectivity index (χ1v) is 6.30. The summed E-state index contributed by atoms with van der Waals surface area (Å²) in [5.74, 6) is 2.13. The van der Waals surface area contributed by atoms with Gasteiger partial charge >= 0.3 is 0 Å². The van der Waals surface area contributed by atoms with E-state index < -0.39 is 0 Å². The van der Waals surface area contributed by atoms with Crippen LogP contribution in [-0.2, 0) is 6.54 Å². The first-order valence-electron chi connectivity index (χ1n) is 5.89. The first kappa shape index (κ1) is 12.7. The number of rotatable bonds is 4. The Morgan fingerprint density at radius 3 is 2.72 bits per heavy atom. The number of aromatic amines is 1. The standard InChI is InChI=1S/C13H16N4S/c1-9(2)13-16-11(7-12(18)17-13)15-8-10-3-5-14-6-4-10/h3-7,9H,8H2,1-2H3,(H2,15,16,17,18). The SMILES string of the molecule is CC(C)c1nc(=S)cc(NCc2ccncc2)[nH]1. The Kier molecular flexibility index (Phi) is 4.04. The highest BCUT2D eigenvalue weighted by molar-refractivity contribution is 7.71. The van der Waals surface area contributed by atoms with E-state index in [9.17, 15) is 0 Å². The molecule has 0 aliphatic heterocycles. The molecule has 0 saturated heterocycles. The minimum atomic E-state index is 0.328. The van der Waals surface area contributed by atoms with Crippen molar-refractivity contribution in [2.45, 2.75) is 26.3 Å². The first-order chi connectivity index (χ1) is 8.65. The van der Waals surface area contributed by atoms with Crippen LogP contribution in [0.5, 0.6) is 0 Å². The molecule has 2 aromatic heterocycles. The minimum absolute atomic E-state index is 0.328. The lowest BCUT2D eigenvalue weighted by atomic mass is 10.2. The Morgan fingerprint density at radius 1 is 1.33 bits per heavy atom. The molecule has 4 nitrogen and oxygen atoms in total. The predicted molar refractivity (Wildman–Crippen MR) is 75.1 cm³/mol. The highest BCUT2D eigenvalue weighted by Crippen LogP contribution is 2.12. The summed E-state index contributed by atoms with van der Waals surface area (Å²) in [5, 5.41) is 3.31. The monoisotopic (exact) mass is 260 g/mol. The highest BCUT2D eigenvalue weighted by atomic mass is 32.1. The number of pyridine rings is 1. The van der Waals surface area contributed by atoms with Crippen molar-refractivity contribution in [1.82, 2.24) is 15.0 Å². The topological polar surface area (TPSA) is 53.6 Å². The van der Waals surface area contributed by atoms with E-state index in [1.54, 1.807) is 12.4 Å². The lowest BCUT2D eigenvalue weighted by Crippen LogP contribution is -2.05. The molecule has 2 rings (SSSR count). The van der Waals surface area contributed by atoms with Crippen molar-refractivity contribution in [3.05, 3.63) is 46.6 Å². The summed E-state index contributed by atoms with van der Waals surface area (Å²) in [6, 6.07) is 5.79. The lowest BCUT2D eigenvalue weighted by molar-refractivity contribution is 0.771. The van der Waals surface area contributed by atoms with E-state index in [2.05, 4.69) is 34.1 Å². The summed E-state index contributed by atoms with van der Waals surface area (Å²) in [6.45, 7) is 4.90. The molecule has 0 aromatic carbocycles. The van der Waals surface area contributed by atoms with Crippen LogP contribution in [0, 0.1) is 4.64 Å². The van der Waals surface area contributed by atoms with E-state index in [0.717, 1.165) is 18.2 Å². The van der Waals surface area contributed by atoms with Crippen molar-refractivity contribution in [3.63, 3.8) is 0 Å². The molecule has 0 spiro atoms. The van der Waals surface area contributed by atoms with Gasteiger partial charge in [-0.05, 0) is 17.7 Å². The average molecular weight is 260 g/mol. The van der Waals surface area contributed by atoms with Crippen molar-refractivity contribution >= 4 is 18.0 Å². The Balaban J connectivity index is 2.12. The molecule has 0 radical (unpaired) electrons. The Hall–Kier alpha value is -1.75. The number of anilines is 1. The Bertz CT molecular complexity index is 563. The van der Waals surface area contributed by atoms with E-state index in [4.69, 9.17) is 12.2 Å². The molecule has 0 amide bonds. The van der Waals surface area contributed by atoms with Crippen LogP contribution in [-0.4, -0.2) is 15.0 Å². The summed E-state index contributed by atoms with van der Waals surface area (Å²) < 4.78 is 0.606. The summed E-state index contributed by atoms with van der Waals surface area (Å²) in [5.41, 5.74) is 1.17. The third-order valence-electron chi connectivity index (χ3n) is 2.54. The fourth-order valence-corrected chi connectivity index (χ4v) is 1.76. The van der Waals surface area contributed by atoms with Gasteiger partial charge in [-0.25, -0.2) is 4.98 Å².